The highest BCUT2D eigenvalue weighted by Gasteiger charge is 2.32. The highest BCUT2D eigenvalue weighted by atomic mass is 35.5. The molecule has 2 aromatic rings. The van der Waals surface area contributed by atoms with E-state index in [1.54, 1.807) is 6.07 Å². The van der Waals surface area contributed by atoms with Crippen LogP contribution in [0.4, 0.5) is 0 Å². The van der Waals surface area contributed by atoms with Crippen LogP contribution in [0.15, 0.2) is 36.4 Å². The van der Waals surface area contributed by atoms with Crippen LogP contribution in [0.1, 0.15) is 23.8 Å². The Morgan fingerprint density at radius 2 is 2.05 bits per heavy atom. The second-order valence-electron chi connectivity index (χ2n) is 5.08. The van der Waals surface area contributed by atoms with Gasteiger partial charge in [0.2, 0.25) is 0 Å². The van der Waals surface area contributed by atoms with Gasteiger partial charge in [-0.2, -0.15) is 0 Å². The Hall–Kier alpha value is -1.65. The fourth-order valence-corrected chi connectivity index (χ4v) is 2.58. The minimum Gasteiger partial charge on any atom is -0.333 e. The fourth-order valence-electron chi connectivity index (χ4n) is 2.58. The van der Waals surface area contributed by atoms with Crippen molar-refractivity contribution in [1.29, 1.82) is 0 Å². The summed E-state index contributed by atoms with van der Waals surface area (Å²) in [6.07, 6.45) is 0.862. The molecule has 1 aromatic heterocycles. The Morgan fingerprint density at radius 1 is 1.30 bits per heavy atom. The summed E-state index contributed by atoms with van der Waals surface area (Å²) in [5, 5.41) is 1.05. The van der Waals surface area contributed by atoms with Crippen molar-refractivity contribution >= 4 is 29.2 Å². The second kappa shape index (κ2) is 5.77. The predicted molar refractivity (Wildman–Crippen MR) is 82.1 cm³/mol. The number of carbonyl (C=O) groups is 1. The number of pyridine rings is 1. The molecular weight excluding hydrogens is 274 g/mol. The molecule has 2 atom stereocenters. The van der Waals surface area contributed by atoms with E-state index < -0.39 is 0 Å². The molecule has 4 nitrogen and oxygen atoms in total. The molecule has 0 spiro atoms. The maximum absolute atomic E-state index is 12.5. The molecule has 5 heteroatoms. The average molecular weight is 292 g/mol. The van der Waals surface area contributed by atoms with Gasteiger partial charge in [-0.1, -0.05) is 24.3 Å². The molecule has 1 aromatic carbocycles. The van der Waals surface area contributed by atoms with Gasteiger partial charge in [0.25, 0.3) is 5.91 Å². The number of benzene rings is 1. The van der Waals surface area contributed by atoms with Crippen LogP contribution in [0.2, 0.25) is 0 Å². The third-order valence-electron chi connectivity index (χ3n) is 3.89. The van der Waals surface area contributed by atoms with Crippen LogP contribution in [0, 0.1) is 0 Å². The maximum atomic E-state index is 12.5. The Morgan fingerprint density at radius 3 is 2.75 bits per heavy atom. The van der Waals surface area contributed by atoms with E-state index in [4.69, 9.17) is 5.73 Å². The van der Waals surface area contributed by atoms with Gasteiger partial charge in [-0.25, -0.2) is 4.98 Å². The van der Waals surface area contributed by atoms with Crippen LogP contribution < -0.4 is 5.73 Å². The summed E-state index contributed by atoms with van der Waals surface area (Å²) >= 11 is 0. The lowest BCUT2D eigenvalue weighted by Crippen LogP contribution is -2.40. The Labute approximate surface area is 124 Å². The molecule has 1 fully saturated rings. The quantitative estimate of drug-likeness (QED) is 0.876. The van der Waals surface area contributed by atoms with E-state index in [-0.39, 0.29) is 30.4 Å². The van der Waals surface area contributed by atoms with Crippen LogP contribution in [-0.2, 0) is 0 Å². The molecule has 0 aliphatic carbocycles. The van der Waals surface area contributed by atoms with Crippen molar-refractivity contribution < 1.29 is 4.79 Å². The van der Waals surface area contributed by atoms with Gasteiger partial charge in [0.1, 0.15) is 5.69 Å². The average Bonchev–Trinajstić information content (AvgIpc) is 2.78. The van der Waals surface area contributed by atoms with Crippen LogP contribution in [0.5, 0.6) is 0 Å². The number of nitrogens with two attached hydrogens (primary N) is 1. The highest BCUT2D eigenvalue weighted by molar-refractivity contribution is 5.95. The number of nitrogens with zero attached hydrogens (tertiary/aromatic N) is 2. The van der Waals surface area contributed by atoms with E-state index in [0.717, 1.165) is 23.9 Å². The van der Waals surface area contributed by atoms with Crippen molar-refractivity contribution in [2.75, 3.05) is 6.54 Å². The van der Waals surface area contributed by atoms with Gasteiger partial charge in [0.15, 0.2) is 0 Å². The summed E-state index contributed by atoms with van der Waals surface area (Å²) in [5.74, 6) is -0.0220. The van der Waals surface area contributed by atoms with Gasteiger partial charge in [0, 0.05) is 24.0 Å². The molecule has 2 N–H and O–H groups in total. The number of aromatic nitrogens is 1. The van der Waals surface area contributed by atoms with Crippen molar-refractivity contribution in [3.05, 3.63) is 42.1 Å². The first-order valence-electron chi connectivity index (χ1n) is 6.59. The lowest BCUT2D eigenvalue weighted by molar-refractivity contribution is 0.0737. The number of hydrogen-bond acceptors (Lipinski definition) is 3. The Bertz CT molecular complexity index is 631. The fraction of sp³-hybridized carbons (Fsp3) is 0.333. The monoisotopic (exact) mass is 291 g/mol. The maximum Gasteiger partial charge on any atom is 0.272 e. The summed E-state index contributed by atoms with van der Waals surface area (Å²) < 4.78 is 0. The summed E-state index contributed by atoms with van der Waals surface area (Å²) in [4.78, 5) is 18.7. The molecule has 2 heterocycles. The Kier molecular flexibility index (Phi) is 4.26. The van der Waals surface area contributed by atoms with Gasteiger partial charge >= 0.3 is 0 Å². The van der Waals surface area contributed by atoms with Crippen LogP contribution in [0.25, 0.3) is 10.9 Å². The standard InChI is InChI=1S/C15H17N3O.ClH/c1-10-12(16)8-9-18(10)15(19)14-7-6-11-4-2-3-5-13(11)17-14;/h2-7,10,12H,8-9,16H2,1H3;1H. The van der Waals surface area contributed by atoms with Crippen molar-refractivity contribution in [2.24, 2.45) is 5.73 Å². The topological polar surface area (TPSA) is 59.2 Å². The minimum absolute atomic E-state index is 0. The number of carbonyl (C=O) groups excluding carboxylic acids is 1. The molecule has 1 aliphatic rings. The van der Waals surface area contributed by atoms with Crippen molar-refractivity contribution in [3.8, 4) is 0 Å². The number of rotatable bonds is 1. The SMILES string of the molecule is CC1C(N)CCN1C(=O)c1ccc2ccccc2n1.Cl. The smallest absolute Gasteiger partial charge is 0.272 e. The third-order valence-corrected chi connectivity index (χ3v) is 3.89. The molecule has 3 rings (SSSR count). The molecule has 1 amide bonds. The number of halogens is 1. The van der Waals surface area contributed by atoms with Gasteiger partial charge < -0.3 is 10.6 Å². The zero-order valence-corrected chi connectivity index (χ0v) is 12.1. The van der Waals surface area contributed by atoms with Crippen LogP contribution in [-0.4, -0.2) is 34.4 Å². The van der Waals surface area contributed by atoms with Gasteiger partial charge in [-0.3, -0.25) is 4.79 Å². The third kappa shape index (κ3) is 2.49. The molecule has 0 saturated carbocycles. The van der Waals surface area contributed by atoms with Crippen LogP contribution in [0.3, 0.4) is 0 Å². The molecule has 1 saturated heterocycles. The minimum atomic E-state index is -0.0220. The number of hydrogen-bond donors (Lipinski definition) is 1. The van der Waals surface area contributed by atoms with E-state index in [1.165, 1.54) is 0 Å². The first kappa shape index (κ1) is 14.8. The molecule has 1 aliphatic heterocycles. The number of likely N-dealkylation sites (tertiary alicyclic amines) is 1. The largest absolute Gasteiger partial charge is 0.333 e. The summed E-state index contributed by atoms with van der Waals surface area (Å²) in [6, 6.07) is 11.7. The predicted octanol–water partition coefficient (Wildman–Crippen LogP) is 2.22. The number of amides is 1. The summed E-state index contributed by atoms with van der Waals surface area (Å²) in [7, 11) is 0. The molecule has 0 bridgehead atoms. The molecule has 106 valence electrons. The van der Waals surface area contributed by atoms with Crippen molar-refractivity contribution in [3.63, 3.8) is 0 Å². The van der Waals surface area contributed by atoms with E-state index in [2.05, 4.69) is 4.98 Å². The number of fused-ring (bicyclic) bond motifs is 1. The molecular formula is C15H18ClN3O. The zero-order chi connectivity index (χ0) is 13.4. The normalized spacial score (nSPS) is 21.8. The second-order valence-corrected chi connectivity index (χ2v) is 5.08. The lowest BCUT2D eigenvalue weighted by Gasteiger charge is -2.22. The first-order chi connectivity index (χ1) is 9.16. The van der Waals surface area contributed by atoms with Crippen molar-refractivity contribution in [1.82, 2.24) is 9.88 Å². The van der Waals surface area contributed by atoms with Gasteiger partial charge in [-0.15, -0.1) is 12.4 Å². The summed E-state index contributed by atoms with van der Waals surface area (Å²) in [6.45, 7) is 2.71. The Balaban J connectivity index is 0.00000147. The molecule has 2 unspecified atom stereocenters. The molecule has 20 heavy (non-hydrogen) atoms. The number of para-hydroxylation sites is 1. The van der Waals surface area contributed by atoms with Gasteiger partial charge in [-0.05, 0) is 25.5 Å². The molecule has 0 radical (unpaired) electrons. The van der Waals surface area contributed by atoms with E-state index in [1.807, 2.05) is 42.2 Å². The van der Waals surface area contributed by atoms with Crippen molar-refractivity contribution in [2.45, 2.75) is 25.4 Å². The zero-order valence-electron chi connectivity index (χ0n) is 11.3. The van der Waals surface area contributed by atoms with E-state index in [0.29, 0.717) is 5.69 Å². The lowest BCUT2D eigenvalue weighted by atomic mass is 10.1. The van der Waals surface area contributed by atoms with E-state index in [9.17, 15) is 4.79 Å². The first-order valence-corrected chi connectivity index (χ1v) is 6.59. The summed E-state index contributed by atoms with van der Waals surface area (Å²) in [5.41, 5.74) is 7.31. The highest BCUT2D eigenvalue weighted by Crippen LogP contribution is 2.19. The van der Waals surface area contributed by atoms with E-state index >= 15 is 0 Å². The van der Waals surface area contributed by atoms with Crippen LogP contribution >= 0.6 is 12.4 Å². The van der Waals surface area contributed by atoms with Gasteiger partial charge in [0.05, 0.1) is 5.52 Å².